The summed E-state index contributed by atoms with van der Waals surface area (Å²) in [5.74, 6) is 0. The van der Waals surface area contributed by atoms with E-state index in [1.165, 1.54) is 51.1 Å². The van der Waals surface area contributed by atoms with E-state index >= 15 is 0 Å². The van der Waals surface area contributed by atoms with Gasteiger partial charge < -0.3 is 10.2 Å². The first-order valence-electron chi connectivity index (χ1n) is 6.49. The van der Waals surface area contributed by atoms with Gasteiger partial charge in [0.15, 0.2) is 0 Å². The van der Waals surface area contributed by atoms with E-state index < -0.39 is 0 Å². The van der Waals surface area contributed by atoms with E-state index in [1.54, 1.807) is 0 Å². The summed E-state index contributed by atoms with van der Waals surface area (Å²) in [6.07, 6.45) is 4.01. The molecule has 1 spiro atoms. The first-order chi connectivity index (χ1) is 8.27. The van der Waals surface area contributed by atoms with E-state index in [9.17, 15) is 0 Å². The summed E-state index contributed by atoms with van der Waals surface area (Å²) in [7, 11) is 0. The lowest BCUT2D eigenvalue weighted by Crippen LogP contribution is -2.41. The van der Waals surface area contributed by atoms with E-state index in [0.29, 0.717) is 5.41 Å². The highest BCUT2D eigenvalue weighted by molar-refractivity contribution is 6.30. The molecule has 0 atom stereocenters. The second-order valence-corrected chi connectivity index (χ2v) is 5.83. The fourth-order valence-corrected chi connectivity index (χ4v) is 3.24. The number of hydrogen-bond acceptors (Lipinski definition) is 2. The van der Waals surface area contributed by atoms with Crippen LogP contribution in [-0.2, 0) is 0 Å². The number of rotatable bonds is 1. The first-order valence-corrected chi connectivity index (χ1v) is 6.87. The molecule has 2 aliphatic heterocycles. The molecule has 2 saturated heterocycles. The van der Waals surface area contributed by atoms with E-state index in [2.05, 4.69) is 22.3 Å². The zero-order chi connectivity index (χ0) is 11.7. The second kappa shape index (κ2) is 5.68. The molecule has 2 nitrogen and oxygen atoms in total. The van der Waals surface area contributed by atoms with Crippen LogP contribution in [-0.4, -0.2) is 26.2 Å². The predicted octanol–water partition coefficient (Wildman–Crippen LogP) is 3.34. The summed E-state index contributed by atoms with van der Waals surface area (Å²) in [6.45, 7) is 4.80. The number of hydrogen-bond donors (Lipinski definition) is 1. The van der Waals surface area contributed by atoms with Gasteiger partial charge in [0.05, 0.1) is 0 Å². The van der Waals surface area contributed by atoms with Crippen LogP contribution < -0.4 is 10.2 Å². The Morgan fingerprint density at radius 3 is 2.28 bits per heavy atom. The predicted molar refractivity (Wildman–Crippen MR) is 80.1 cm³/mol. The molecule has 0 bridgehead atoms. The summed E-state index contributed by atoms with van der Waals surface area (Å²) in [6, 6.07) is 8.23. The minimum atomic E-state index is 0. The molecule has 0 unspecified atom stereocenters. The molecule has 2 heterocycles. The highest BCUT2D eigenvalue weighted by atomic mass is 35.5. The number of benzene rings is 1. The number of nitrogens with zero attached hydrogens (tertiary/aromatic N) is 1. The topological polar surface area (TPSA) is 15.3 Å². The molecule has 0 aliphatic carbocycles. The van der Waals surface area contributed by atoms with Gasteiger partial charge >= 0.3 is 0 Å². The molecule has 3 rings (SSSR count). The van der Waals surface area contributed by atoms with Gasteiger partial charge in [-0.1, -0.05) is 11.6 Å². The molecular formula is C14H20Cl2N2. The van der Waals surface area contributed by atoms with Crippen LogP contribution in [0.1, 0.15) is 19.3 Å². The molecule has 100 valence electrons. The molecular weight excluding hydrogens is 267 g/mol. The van der Waals surface area contributed by atoms with Crippen LogP contribution in [0.5, 0.6) is 0 Å². The molecule has 1 aromatic rings. The lowest BCUT2D eigenvalue weighted by molar-refractivity contribution is 0.247. The molecule has 4 heteroatoms. The van der Waals surface area contributed by atoms with Gasteiger partial charge in [-0.3, -0.25) is 0 Å². The maximum absolute atomic E-state index is 5.92. The van der Waals surface area contributed by atoms with Crippen molar-refractivity contribution in [3.8, 4) is 0 Å². The minimum absolute atomic E-state index is 0. The Hall–Kier alpha value is -0.440. The Balaban J connectivity index is 0.00000120. The van der Waals surface area contributed by atoms with Crippen molar-refractivity contribution in [3.05, 3.63) is 29.3 Å². The fraction of sp³-hybridized carbons (Fsp3) is 0.571. The summed E-state index contributed by atoms with van der Waals surface area (Å²) >= 11 is 5.92. The Morgan fingerprint density at radius 2 is 1.72 bits per heavy atom. The maximum Gasteiger partial charge on any atom is 0.0407 e. The van der Waals surface area contributed by atoms with Crippen LogP contribution in [0.2, 0.25) is 5.02 Å². The standard InChI is InChI=1S/C14H19ClN2.ClH/c15-12-1-3-13(4-2-12)17-9-6-14(7-10-17)5-8-16-11-14;/h1-4,16H,5-11H2;1H. The van der Waals surface area contributed by atoms with E-state index in [4.69, 9.17) is 11.6 Å². The first kappa shape index (κ1) is 14.0. The van der Waals surface area contributed by atoms with Gasteiger partial charge in [0.1, 0.15) is 0 Å². The molecule has 18 heavy (non-hydrogen) atoms. The molecule has 0 aromatic heterocycles. The minimum Gasteiger partial charge on any atom is -0.371 e. The van der Waals surface area contributed by atoms with Crippen LogP contribution in [0.25, 0.3) is 0 Å². The average molecular weight is 287 g/mol. The third-order valence-electron chi connectivity index (χ3n) is 4.35. The average Bonchev–Trinajstić information content (AvgIpc) is 2.80. The van der Waals surface area contributed by atoms with Crippen molar-refractivity contribution in [2.24, 2.45) is 5.41 Å². The maximum atomic E-state index is 5.92. The van der Waals surface area contributed by atoms with Gasteiger partial charge in [-0.15, -0.1) is 12.4 Å². The molecule has 0 saturated carbocycles. The smallest absolute Gasteiger partial charge is 0.0407 e. The van der Waals surface area contributed by atoms with Gasteiger partial charge in [-0.2, -0.15) is 0 Å². The Labute approximate surface area is 120 Å². The lowest BCUT2D eigenvalue weighted by Gasteiger charge is -2.40. The molecule has 1 aromatic carbocycles. The van der Waals surface area contributed by atoms with Crippen LogP contribution in [0.15, 0.2) is 24.3 Å². The third kappa shape index (κ3) is 2.76. The van der Waals surface area contributed by atoms with Crippen LogP contribution in [0.4, 0.5) is 5.69 Å². The highest BCUT2D eigenvalue weighted by Crippen LogP contribution is 2.38. The fourth-order valence-electron chi connectivity index (χ4n) is 3.11. The van der Waals surface area contributed by atoms with Crippen LogP contribution in [0.3, 0.4) is 0 Å². The van der Waals surface area contributed by atoms with Crippen molar-refractivity contribution in [1.82, 2.24) is 5.32 Å². The number of anilines is 1. The van der Waals surface area contributed by atoms with Crippen molar-refractivity contribution in [3.63, 3.8) is 0 Å². The Bertz CT molecular complexity index is 375. The second-order valence-electron chi connectivity index (χ2n) is 5.39. The quantitative estimate of drug-likeness (QED) is 0.852. The van der Waals surface area contributed by atoms with Crippen molar-refractivity contribution < 1.29 is 0 Å². The summed E-state index contributed by atoms with van der Waals surface area (Å²) in [5, 5.41) is 4.33. The van der Waals surface area contributed by atoms with Crippen LogP contribution in [0, 0.1) is 5.41 Å². The summed E-state index contributed by atoms with van der Waals surface area (Å²) in [4.78, 5) is 2.49. The normalized spacial score (nSPS) is 21.9. The zero-order valence-corrected chi connectivity index (χ0v) is 12.1. The summed E-state index contributed by atoms with van der Waals surface area (Å²) in [5.41, 5.74) is 1.92. The van der Waals surface area contributed by atoms with Crippen molar-refractivity contribution >= 4 is 29.7 Å². The van der Waals surface area contributed by atoms with E-state index in [1.807, 2.05) is 12.1 Å². The van der Waals surface area contributed by atoms with Gasteiger partial charge in [0.25, 0.3) is 0 Å². The largest absolute Gasteiger partial charge is 0.371 e. The third-order valence-corrected chi connectivity index (χ3v) is 4.60. The van der Waals surface area contributed by atoms with Gasteiger partial charge in [-0.25, -0.2) is 0 Å². The monoisotopic (exact) mass is 286 g/mol. The van der Waals surface area contributed by atoms with Gasteiger partial charge in [-0.05, 0) is 55.5 Å². The Morgan fingerprint density at radius 1 is 1.06 bits per heavy atom. The zero-order valence-electron chi connectivity index (χ0n) is 10.5. The van der Waals surface area contributed by atoms with E-state index in [-0.39, 0.29) is 12.4 Å². The van der Waals surface area contributed by atoms with E-state index in [0.717, 1.165) is 5.02 Å². The van der Waals surface area contributed by atoms with Crippen LogP contribution >= 0.6 is 24.0 Å². The SMILES string of the molecule is Cl.Clc1ccc(N2CCC3(CCNC3)CC2)cc1. The summed E-state index contributed by atoms with van der Waals surface area (Å²) < 4.78 is 0. The Kier molecular flexibility index (Phi) is 4.41. The number of nitrogens with one attached hydrogen (secondary N) is 1. The molecule has 0 amide bonds. The molecule has 1 N–H and O–H groups in total. The molecule has 2 fully saturated rings. The molecule has 0 radical (unpaired) electrons. The van der Waals surface area contributed by atoms with Gasteiger partial charge in [0, 0.05) is 30.3 Å². The van der Waals surface area contributed by atoms with Crippen molar-refractivity contribution in [2.75, 3.05) is 31.1 Å². The lowest BCUT2D eigenvalue weighted by atomic mass is 9.78. The van der Waals surface area contributed by atoms with Crippen molar-refractivity contribution in [1.29, 1.82) is 0 Å². The van der Waals surface area contributed by atoms with Gasteiger partial charge in [0.2, 0.25) is 0 Å². The number of halogens is 2. The molecule has 2 aliphatic rings. The highest BCUT2D eigenvalue weighted by Gasteiger charge is 2.36. The number of piperidine rings is 1. The van der Waals surface area contributed by atoms with Crippen molar-refractivity contribution in [2.45, 2.75) is 19.3 Å².